The molecule has 2 aliphatic rings. The Hall–Kier alpha value is -4.47. The highest BCUT2D eigenvalue weighted by Gasteiger charge is 2.62. The van der Waals surface area contributed by atoms with Gasteiger partial charge in [-0.2, -0.15) is 0 Å². The second-order valence-electron chi connectivity index (χ2n) is 13.2. The number of aromatic nitrogens is 2. The number of nitrogens with one attached hydrogen (secondary N) is 1. The third kappa shape index (κ3) is 7.75. The lowest BCUT2D eigenvalue weighted by Crippen LogP contribution is -2.49. The van der Waals surface area contributed by atoms with E-state index in [4.69, 9.17) is 23.9 Å². The third-order valence-electron chi connectivity index (χ3n) is 8.65. The Morgan fingerprint density at radius 3 is 2.36 bits per heavy atom. The van der Waals surface area contributed by atoms with Crippen molar-refractivity contribution >= 4 is 23.4 Å². The zero-order chi connectivity index (χ0) is 34.7. The van der Waals surface area contributed by atoms with Crippen molar-refractivity contribution in [1.82, 2.24) is 15.3 Å². The van der Waals surface area contributed by atoms with Crippen LogP contribution in [0.25, 0.3) is 17.0 Å². The van der Waals surface area contributed by atoms with Crippen molar-refractivity contribution in [2.45, 2.75) is 85.0 Å². The molecule has 0 saturated heterocycles. The topological polar surface area (TPSA) is 126 Å². The highest BCUT2D eigenvalue weighted by molar-refractivity contribution is 5.94. The summed E-state index contributed by atoms with van der Waals surface area (Å²) in [6.45, 7) is 20.6. The molecule has 47 heavy (non-hydrogen) atoms. The average Bonchev–Trinajstić information content (AvgIpc) is 3.56. The van der Waals surface area contributed by atoms with Crippen molar-refractivity contribution in [2.75, 3.05) is 13.7 Å². The molecule has 2 fully saturated rings. The van der Waals surface area contributed by atoms with E-state index >= 15 is 0 Å². The first-order valence-corrected chi connectivity index (χ1v) is 16.0. The van der Waals surface area contributed by atoms with Crippen LogP contribution in [0, 0.1) is 31.6 Å². The van der Waals surface area contributed by atoms with E-state index in [2.05, 4.69) is 23.5 Å². The maximum Gasteiger partial charge on any atom is 0.332 e. The third-order valence-corrected chi connectivity index (χ3v) is 8.65. The van der Waals surface area contributed by atoms with E-state index in [9.17, 15) is 14.4 Å². The molecule has 0 spiro atoms. The van der Waals surface area contributed by atoms with Gasteiger partial charge in [0.05, 0.1) is 42.6 Å². The van der Waals surface area contributed by atoms with Gasteiger partial charge in [-0.05, 0) is 85.9 Å². The first-order valence-electron chi connectivity index (χ1n) is 16.0. The number of allylic oxidation sites excluding steroid dienone is 2. The molecule has 2 aliphatic carbocycles. The molecule has 2 heterocycles. The van der Waals surface area contributed by atoms with Gasteiger partial charge in [0.2, 0.25) is 5.91 Å². The molecule has 2 saturated carbocycles. The maximum atomic E-state index is 13.9. The van der Waals surface area contributed by atoms with Gasteiger partial charge in [-0.3, -0.25) is 14.6 Å². The zero-order valence-electron chi connectivity index (χ0n) is 28.8. The summed E-state index contributed by atoms with van der Waals surface area (Å²) in [4.78, 5) is 49.9. The molecule has 10 heteroatoms. The number of amides is 1. The number of pyridine rings is 2. The van der Waals surface area contributed by atoms with Crippen LogP contribution in [0.1, 0.15) is 70.8 Å². The molecule has 0 aromatic carbocycles. The monoisotopic (exact) mass is 645 g/mol. The lowest BCUT2D eigenvalue weighted by atomic mass is 9.94. The van der Waals surface area contributed by atoms with Crippen LogP contribution in [0.15, 0.2) is 55.3 Å². The fraction of sp³-hybridized carbons (Fsp3) is 0.486. The molecule has 0 radical (unpaired) electrons. The maximum absolute atomic E-state index is 13.9. The Bertz CT molecular complexity index is 1590. The van der Waals surface area contributed by atoms with Crippen LogP contribution in [0.4, 0.5) is 0 Å². The van der Waals surface area contributed by atoms with Gasteiger partial charge in [-0.15, -0.1) is 6.58 Å². The first-order chi connectivity index (χ1) is 22.2. The molecule has 1 amide bonds. The van der Waals surface area contributed by atoms with Crippen molar-refractivity contribution in [3.8, 4) is 17.1 Å². The van der Waals surface area contributed by atoms with Gasteiger partial charge in [0.25, 0.3) is 0 Å². The number of hydrogen-bond donors (Lipinski definition) is 1. The molecule has 10 nitrogen and oxygen atoms in total. The van der Waals surface area contributed by atoms with Gasteiger partial charge in [-0.25, -0.2) is 9.78 Å². The van der Waals surface area contributed by atoms with Gasteiger partial charge in [0.1, 0.15) is 28.8 Å². The number of carbonyl (C=O) groups excluding carboxylic acids is 3. The van der Waals surface area contributed by atoms with Gasteiger partial charge in [0.15, 0.2) is 0 Å². The predicted octanol–water partition coefficient (Wildman–Crippen LogP) is 6.06. The largest absolute Gasteiger partial charge is 0.496 e. The molecular weight excluding hydrogens is 598 g/mol. The minimum Gasteiger partial charge on any atom is -0.496 e. The number of aryl methyl sites for hydroxylation is 1. The average molecular weight is 646 g/mol. The fourth-order valence-corrected chi connectivity index (χ4v) is 6.17. The van der Waals surface area contributed by atoms with Gasteiger partial charge < -0.3 is 24.3 Å². The quantitative estimate of drug-likeness (QED) is 0.127. The van der Waals surface area contributed by atoms with E-state index in [1.165, 1.54) is 0 Å². The molecule has 252 valence electrons. The number of carbonyl (C=O) groups is 3. The van der Waals surface area contributed by atoms with Crippen LogP contribution in [0.5, 0.6) is 5.75 Å². The van der Waals surface area contributed by atoms with Crippen molar-refractivity contribution in [1.29, 1.82) is 0 Å². The van der Waals surface area contributed by atoms with Crippen molar-refractivity contribution < 1.29 is 33.3 Å². The second kappa shape index (κ2) is 14.1. The molecular formula is C37H47N3O7. The number of esters is 2. The van der Waals surface area contributed by atoms with Crippen LogP contribution in [0.2, 0.25) is 0 Å². The number of rotatable bonds is 12. The number of ether oxygens (including phenoxy) is 4. The summed E-state index contributed by atoms with van der Waals surface area (Å²) in [6, 6.07) is 7.54. The molecule has 2 aromatic heterocycles. The Morgan fingerprint density at radius 1 is 1.09 bits per heavy atom. The molecule has 4 rings (SSSR count). The van der Waals surface area contributed by atoms with Crippen LogP contribution >= 0.6 is 0 Å². The summed E-state index contributed by atoms with van der Waals surface area (Å²) in [5.41, 5.74) is 2.33. The van der Waals surface area contributed by atoms with E-state index < -0.39 is 46.9 Å². The van der Waals surface area contributed by atoms with Gasteiger partial charge in [0, 0.05) is 28.8 Å². The summed E-state index contributed by atoms with van der Waals surface area (Å²) in [7, 11) is 1.57. The molecule has 2 aromatic rings. The number of nitrogens with zero attached hydrogens (tertiary/aromatic N) is 2. The van der Waals surface area contributed by atoms with E-state index in [0.29, 0.717) is 35.0 Å². The van der Waals surface area contributed by atoms with Crippen LogP contribution < -0.4 is 10.1 Å². The molecule has 1 N–H and O–H groups in total. The predicted molar refractivity (Wildman–Crippen MR) is 179 cm³/mol. The molecule has 0 bridgehead atoms. The van der Waals surface area contributed by atoms with Crippen LogP contribution in [-0.4, -0.2) is 58.8 Å². The highest BCUT2D eigenvalue weighted by Crippen LogP contribution is 2.47. The Labute approximate surface area is 277 Å². The Balaban J connectivity index is 1.71. The van der Waals surface area contributed by atoms with E-state index in [1.54, 1.807) is 47.0 Å². The molecule has 5 atom stereocenters. The number of hydrogen-bond acceptors (Lipinski definition) is 9. The van der Waals surface area contributed by atoms with Crippen LogP contribution in [-0.2, 0) is 28.6 Å². The fourth-order valence-electron chi connectivity index (χ4n) is 6.17. The molecule has 1 unspecified atom stereocenters. The van der Waals surface area contributed by atoms with E-state index in [0.717, 1.165) is 16.8 Å². The summed E-state index contributed by atoms with van der Waals surface area (Å²) in [5, 5.41) is 2.93. The van der Waals surface area contributed by atoms with E-state index in [1.807, 2.05) is 45.0 Å². The molecule has 0 aliphatic heterocycles. The summed E-state index contributed by atoms with van der Waals surface area (Å²) in [6.07, 6.45) is 3.61. The summed E-state index contributed by atoms with van der Waals surface area (Å²) < 4.78 is 23.2. The summed E-state index contributed by atoms with van der Waals surface area (Å²) in [5.74, 6) is -2.15. The van der Waals surface area contributed by atoms with Gasteiger partial charge in [-0.1, -0.05) is 18.7 Å². The zero-order valence-corrected chi connectivity index (χ0v) is 28.8. The van der Waals surface area contributed by atoms with Crippen LogP contribution in [0.3, 0.4) is 0 Å². The smallest absolute Gasteiger partial charge is 0.332 e. The standard InChI is InChI=1S/C37H47N3O7/c1-11-24-20-37(24,35(43)45-13-3)40-33(41)26-17-25(18-27(26)34(42)47-36(7,8)9)46-31-19-29(28-16-14-15-21(4)38-28)39-32(23(31)6)22(5)30(12-2)44-10/h11-12,14-16,19,24-27H,1-2,13,17-18,20H2,3-10H3,(H,40,41)/b30-22+/t24-,25-,26-,27-,37?/m1/s1. The van der Waals surface area contributed by atoms with Crippen molar-refractivity contribution in [3.63, 3.8) is 0 Å². The SMILES string of the molecule is C=C/C(OC)=C(/C)c1nc(-c2cccc(C)n2)cc(O[C@@H]2C[C@@H](C(=O)NC3(C(=O)OCC)C[C@H]3C=C)[C@H](C(=O)OC(C)(C)C)C2)c1C. The summed E-state index contributed by atoms with van der Waals surface area (Å²) >= 11 is 0. The van der Waals surface area contributed by atoms with Gasteiger partial charge >= 0.3 is 11.9 Å². The minimum atomic E-state index is -1.19. The highest BCUT2D eigenvalue weighted by atomic mass is 16.6. The normalized spacial score (nSPS) is 24.0. The van der Waals surface area contributed by atoms with Crippen molar-refractivity contribution in [3.05, 3.63) is 72.3 Å². The lowest BCUT2D eigenvalue weighted by Gasteiger charge is -2.25. The van der Waals surface area contributed by atoms with E-state index in [-0.39, 0.29) is 25.4 Å². The Morgan fingerprint density at radius 2 is 1.79 bits per heavy atom. The lowest BCUT2D eigenvalue weighted by molar-refractivity contribution is -0.163. The Kier molecular flexibility index (Phi) is 10.6. The first kappa shape index (κ1) is 35.4. The minimum absolute atomic E-state index is 0.181. The van der Waals surface area contributed by atoms with Crippen molar-refractivity contribution in [2.24, 2.45) is 17.8 Å². The second-order valence-corrected chi connectivity index (χ2v) is 13.2. The number of methoxy groups -OCH3 is 1.